The highest BCUT2D eigenvalue weighted by Gasteiger charge is 2.11. The van der Waals surface area contributed by atoms with Crippen LogP contribution in [-0.2, 0) is 6.42 Å². The van der Waals surface area contributed by atoms with Crippen molar-refractivity contribution in [3.05, 3.63) is 40.6 Å². The summed E-state index contributed by atoms with van der Waals surface area (Å²) in [5.41, 5.74) is 11.5. The van der Waals surface area contributed by atoms with Gasteiger partial charge in [0.2, 0.25) is 0 Å². The minimum Gasteiger partial charge on any atom is -0.383 e. The summed E-state index contributed by atoms with van der Waals surface area (Å²) in [6.45, 7) is 8.20. The van der Waals surface area contributed by atoms with Crippen molar-refractivity contribution in [2.24, 2.45) is 0 Å². The molecule has 18 heavy (non-hydrogen) atoms. The Labute approximate surface area is 108 Å². The standard InChI is InChI=1S/C15H19N3/c1-5-12-11(4)17-15(18-14(12)16)13-8-9(2)6-7-10(13)3/h6-8H,5H2,1-4H3,(H2,16,17,18). The van der Waals surface area contributed by atoms with Gasteiger partial charge in [0.1, 0.15) is 5.82 Å². The quantitative estimate of drug-likeness (QED) is 0.878. The molecule has 2 N–H and O–H groups in total. The topological polar surface area (TPSA) is 51.8 Å². The number of aryl methyl sites for hydroxylation is 3. The van der Waals surface area contributed by atoms with Crippen molar-refractivity contribution in [2.75, 3.05) is 5.73 Å². The lowest BCUT2D eigenvalue weighted by Gasteiger charge is -2.11. The summed E-state index contributed by atoms with van der Waals surface area (Å²) in [6.07, 6.45) is 0.866. The number of anilines is 1. The van der Waals surface area contributed by atoms with Gasteiger partial charge >= 0.3 is 0 Å². The van der Waals surface area contributed by atoms with Crippen LogP contribution in [0.5, 0.6) is 0 Å². The van der Waals surface area contributed by atoms with Crippen LogP contribution in [0.1, 0.15) is 29.3 Å². The van der Waals surface area contributed by atoms with Gasteiger partial charge in [0.05, 0.1) is 0 Å². The molecule has 0 saturated carbocycles. The van der Waals surface area contributed by atoms with Gasteiger partial charge in [-0.15, -0.1) is 0 Å². The van der Waals surface area contributed by atoms with Gasteiger partial charge < -0.3 is 5.73 Å². The van der Waals surface area contributed by atoms with E-state index in [4.69, 9.17) is 5.73 Å². The van der Waals surface area contributed by atoms with Crippen LogP contribution in [0.15, 0.2) is 18.2 Å². The van der Waals surface area contributed by atoms with Crippen LogP contribution >= 0.6 is 0 Å². The third-order valence-electron chi connectivity index (χ3n) is 3.23. The fourth-order valence-electron chi connectivity index (χ4n) is 2.15. The third-order valence-corrected chi connectivity index (χ3v) is 3.23. The number of nitrogens with zero attached hydrogens (tertiary/aromatic N) is 2. The van der Waals surface area contributed by atoms with E-state index < -0.39 is 0 Å². The second-order valence-corrected chi connectivity index (χ2v) is 4.67. The highest BCUT2D eigenvalue weighted by Crippen LogP contribution is 2.24. The zero-order valence-electron chi connectivity index (χ0n) is 11.4. The van der Waals surface area contributed by atoms with Crippen molar-refractivity contribution in [3.63, 3.8) is 0 Å². The minimum absolute atomic E-state index is 0.598. The van der Waals surface area contributed by atoms with E-state index in [1.165, 1.54) is 11.1 Å². The highest BCUT2D eigenvalue weighted by molar-refractivity contribution is 5.63. The molecule has 94 valence electrons. The monoisotopic (exact) mass is 241 g/mol. The Morgan fingerprint density at radius 3 is 2.44 bits per heavy atom. The molecular weight excluding hydrogens is 222 g/mol. The molecule has 2 rings (SSSR count). The number of hydrogen-bond donors (Lipinski definition) is 1. The van der Waals surface area contributed by atoms with Gasteiger partial charge in [-0.2, -0.15) is 0 Å². The molecular formula is C15H19N3. The molecule has 2 aromatic rings. The van der Waals surface area contributed by atoms with Crippen LogP contribution in [0.3, 0.4) is 0 Å². The maximum Gasteiger partial charge on any atom is 0.162 e. The molecule has 0 spiro atoms. The van der Waals surface area contributed by atoms with E-state index in [1.807, 2.05) is 6.92 Å². The summed E-state index contributed by atoms with van der Waals surface area (Å²) >= 11 is 0. The largest absolute Gasteiger partial charge is 0.383 e. The zero-order chi connectivity index (χ0) is 13.3. The number of rotatable bonds is 2. The molecule has 0 fully saturated rings. The summed E-state index contributed by atoms with van der Waals surface area (Å²) in [6, 6.07) is 6.29. The first-order valence-electron chi connectivity index (χ1n) is 6.23. The number of benzene rings is 1. The van der Waals surface area contributed by atoms with Crippen LogP contribution in [0.2, 0.25) is 0 Å². The Morgan fingerprint density at radius 1 is 1.11 bits per heavy atom. The molecule has 0 aliphatic rings. The molecule has 0 atom stereocenters. The summed E-state index contributed by atoms with van der Waals surface area (Å²) in [5, 5.41) is 0. The summed E-state index contributed by atoms with van der Waals surface area (Å²) in [5.74, 6) is 1.32. The maximum atomic E-state index is 6.01. The first kappa shape index (κ1) is 12.6. The molecule has 0 aliphatic carbocycles. The zero-order valence-corrected chi connectivity index (χ0v) is 11.4. The number of nitrogens with two attached hydrogens (primary N) is 1. The van der Waals surface area contributed by atoms with Gasteiger partial charge in [0.15, 0.2) is 5.82 Å². The van der Waals surface area contributed by atoms with E-state index in [-0.39, 0.29) is 0 Å². The molecule has 1 aromatic heterocycles. The molecule has 0 amide bonds. The summed E-state index contributed by atoms with van der Waals surface area (Å²) in [7, 11) is 0. The van der Waals surface area contributed by atoms with Gasteiger partial charge in [-0.05, 0) is 38.8 Å². The summed E-state index contributed by atoms with van der Waals surface area (Å²) in [4.78, 5) is 9.03. The lowest BCUT2D eigenvalue weighted by Crippen LogP contribution is -2.05. The molecule has 1 heterocycles. The van der Waals surface area contributed by atoms with Crippen LogP contribution in [0.4, 0.5) is 5.82 Å². The van der Waals surface area contributed by atoms with E-state index >= 15 is 0 Å². The average molecular weight is 241 g/mol. The average Bonchev–Trinajstić information content (AvgIpc) is 2.32. The second kappa shape index (κ2) is 4.77. The fraction of sp³-hybridized carbons (Fsp3) is 0.333. The van der Waals surface area contributed by atoms with Crippen molar-refractivity contribution in [1.29, 1.82) is 0 Å². The predicted molar refractivity (Wildman–Crippen MR) is 75.5 cm³/mol. The molecule has 0 saturated heterocycles. The van der Waals surface area contributed by atoms with Crippen LogP contribution in [0, 0.1) is 20.8 Å². The molecule has 3 heteroatoms. The molecule has 3 nitrogen and oxygen atoms in total. The molecule has 0 radical (unpaired) electrons. The van der Waals surface area contributed by atoms with Gasteiger partial charge in [0.25, 0.3) is 0 Å². The first-order chi connectivity index (χ1) is 8.52. The van der Waals surface area contributed by atoms with E-state index in [0.717, 1.165) is 29.1 Å². The fourth-order valence-corrected chi connectivity index (χ4v) is 2.15. The smallest absolute Gasteiger partial charge is 0.162 e. The van der Waals surface area contributed by atoms with Crippen molar-refractivity contribution in [1.82, 2.24) is 9.97 Å². The van der Waals surface area contributed by atoms with Crippen molar-refractivity contribution >= 4 is 5.82 Å². The van der Waals surface area contributed by atoms with Crippen molar-refractivity contribution < 1.29 is 0 Å². The first-order valence-corrected chi connectivity index (χ1v) is 6.23. The molecule has 1 aromatic carbocycles. The number of aromatic nitrogens is 2. The Balaban J connectivity index is 2.61. The molecule has 0 unspecified atom stereocenters. The Morgan fingerprint density at radius 2 is 1.83 bits per heavy atom. The lowest BCUT2D eigenvalue weighted by molar-refractivity contribution is 1.01. The SMILES string of the molecule is CCc1c(C)nc(-c2cc(C)ccc2C)nc1N. The minimum atomic E-state index is 0.598. The van der Waals surface area contributed by atoms with Gasteiger partial charge in [0, 0.05) is 16.8 Å². The van der Waals surface area contributed by atoms with E-state index in [1.54, 1.807) is 0 Å². The lowest BCUT2D eigenvalue weighted by atomic mass is 10.0. The summed E-state index contributed by atoms with van der Waals surface area (Å²) < 4.78 is 0. The van der Waals surface area contributed by atoms with E-state index in [0.29, 0.717) is 5.82 Å². The maximum absolute atomic E-state index is 6.01. The normalized spacial score (nSPS) is 10.7. The van der Waals surface area contributed by atoms with Gasteiger partial charge in [-0.25, -0.2) is 9.97 Å². The molecule has 0 aliphatic heterocycles. The molecule has 0 bridgehead atoms. The van der Waals surface area contributed by atoms with E-state index in [9.17, 15) is 0 Å². The van der Waals surface area contributed by atoms with Crippen LogP contribution in [-0.4, -0.2) is 9.97 Å². The second-order valence-electron chi connectivity index (χ2n) is 4.67. The van der Waals surface area contributed by atoms with Crippen LogP contribution in [0.25, 0.3) is 11.4 Å². The van der Waals surface area contributed by atoms with Crippen molar-refractivity contribution in [2.45, 2.75) is 34.1 Å². The Kier molecular flexibility index (Phi) is 3.32. The van der Waals surface area contributed by atoms with E-state index in [2.05, 4.69) is 48.9 Å². The predicted octanol–water partition coefficient (Wildman–Crippen LogP) is 3.21. The third kappa shape index (κ3) is 2.21. The Bertz CT molecular complexity index is 565. The van der Waals surface area contributed by atoms with Crippen LogP contribution < -0.4 is 5.73 Å². The Hall–Kier alpha value is -1.90. The van der Waals surface area contributed by atoms with Crippen molar-refractivity contribution in [3.8, 4) is 11.4 Å². The highest BCUT2D eigenvalue weighted by atomic mass is 15.0. The van der Waals surface area contributed by atoms with Gasteiger partial charge in [-0.1, -0.05) is 24.6 Å². The number of nitrogen functional groups attached to an aromatic ring is 1. The van der Waals surface area contributed by atoms with Gasteiger partial charge in [-0.3, -0.25) is 0 Å². The number of hydrogen-bond acceptors (Lipinski definition) is 3.